The Bertz CT molecular complexity index is 1260. The third kappa shape index (κ3) is 4.63. The largest absolute Gasteiger partial charge is 0.310 e. The molecule has 0 N–H and O–H groups in total. The number of aryl methyl sites for hydroxylation is 1. The van der Waals surface area contributed by atoms with Gasteiger partial charge in [-0.2, -0.15) is 0 Å². The van der Waals surface area contributed by atoms with Crippen molar-refractivity contribution in [2.75, 3.05) is 4.90 Å². The minimum Gasteiger partial charge on any atom is -0.310 e. The summed E-state index contributed by atoms with van der Waals surface area (Å²) in [5.41, 5.74) is 11.3. The fraction of sp³-hybridized carbons (Fsp3) is 0.486. The lowest BCUT2D eigenvalue weighted by molar-refractivity contribution is 0.332. The van der Waals surface area contributed by atoms with Crippen LogP contribution in [0.15, 0.2) is 54.6 Å². The maximum Gasteiger partial charge on any atom is 0.0479 e. The van der Waals surface area contributed by atoms with Crippen molar-refractivity contribution in [2.45, 2.75) is 110 Å². The Morgan fingerprint density at radius 3 is 1.32 bits per heavy atom. The highest BCUT2D eigenvalue weighted by Gasteiger charge is 2.39. The van der Waals surface area contributed by atoms with Gasteiger partial charge in [-0.25, -0.2) is 0 Å². The Kier molecular flexibility index (Phi) is 6.15. The standard InChI is InChI=1S/C35H44ClN/c1-23-18-24(36)20-27(19-23)37(25-10-12-28-30(21-25)34(6,7)16-14-32(28,2)3)26-11-13-29-31(22-26)35(8,9)17-15-33(29,4)5/h10-13,18-22H,14-17H2,1-9H3. The van der Waals surface area contributed by atoms with Crippen molar-refractivity contribution >= 4 is 28.7 Å². The summed E-state index contributed by atoms with van der Waals surface area (Å²) < 4.78 is 0. The van der Waals surface area contributed by atoms with E-state index < -0.39 is 0 Å². The highest BCUT2D eigenvalue weighted by molar-refractivity contribution is 6.31. The summed E-state index contributed by atoms with van der Waals surface area (Å²) in [6.45, 7) is 21.3. The molecule has 0 spiro atoms. The summed E-state index contributed by atoms with van der Waals surface area (Å²) >= 11 is 6.64. The van der Waals surface area contributed by atoms with Crippen LogP contribution < -0.4 is 4.90 Å². The molecular weight excluding hydrogens is 470 g/mol. The van der Waals surface area contributed by atoms with E-state index >= 15 is 0 Å². The maximum atomic E-state index is 6.64. The average Bonchev–Trinajstić information content (AvgIpc) is 2.80. The van der Waals surface area contributed by atoms with Gasteiger partial charge in [0.1, 0.15) is 0 Å². The van der Waals surface area contributed by atoms with Crippen LogP contribution in [0.2, 0.25) is 5.02 Å². The number of anilines is 3. The Balaban J connectivity index is 1.75. The predicted octanol–water partition coefficient (Wildman–Crippen LogP) is 10.8. The molecule has 0 aliphatic heterocycles. The fourth-order valence-corrected chi connectivity index (χ4v) is 7.01. The first-order valence-corrected chi connectivity index (χ1v) is 14.4. The van der Waals surface area contributed by atoms with Crippen molar-refractivity contribution in [3.05, 3.63) is 87.4 Å². The Labute approximate surface area is 230 Å². The van der Waals surface area contributed by atoms with Gasteiger partial charge in [0.2, 0.25) is 0 Å². The summed E-state index contributed by atoms with van der Waals surface area (Å²) in [6.07, 6.45) is 4.85. The zero-order chi connectivity index (χ0) is 27.0. The van der Waals surface area contributed by atoms with E-state index in [0.717, 1.165) is 10.7 Å². The molecule has 0 aromatic heterocycles. The van der Waals surface area contributed by atoms with Gasteiger partial charge in [-0.1, -0.05) is 79.1 Å². The number of benzene rings is 3. The predicted molar refractivity (Wildman–Crippen MR) is 161 cm³/mol. The lowest BCUT2D eigenvalue weighted by Gasteiger charge is -2.43. The van der Waals surface area contributed by atoms with Crippen molar-refractivity contribution in [3.8, 4) is 0 Å². The van der Waals surface area contributed by atoms with Crippen LogP contribution in [0.25, 0.3) is 0 Å². The minimum absolute atomic E-state index is 0.151. The summed E-state index contributed by atoms with van der Waals surface area (Å²) in [6, 6.07) is 20.8. The van der Waals surface area contributed by atoms with E-state index in [1.54, 1.807) is 0 Å². The van der Waals surface area contributed by atoms with Gasteiger partial charge in [0, 0.05) is 22.1 Å². The second kappa shape index (κ2) is 8.63. The van der Waals surface area contributed by atoms with Crippen LogP contribution in [0, 0.1) is 6.92 Å². The molecule has 0 fully saturated rings. The first-order chi connectivity index (χ1) is 17.1. The van der Waals surface area contributed by atoms with E-state index in [9.17, 15) is 0 Å². The van der Waals surface area contributed by atoms with Gasteiger partial charge in [-0.05, 0) is 125 Å². The van der Waals surface area contributed by atoms with Crippen LogP contribution in [0.3, 0.4) is 0 Å². The molecule has 5 rings (SSSR count). The zero-order valence-corrected chi connectivity index (χ0v) is 25.1. The third-order valence-electron chi connectivity index (χ3n) is 9.47. The monoisotopic (exact) mass is 513 g/mol. The normalized spacial score (nSPS) is 20.6. The molecule has 196 valence electrons. The van der Waals surface area contributed by atoms with Crippen LogP contribution in [-0.4, -0.2) is 0 Å². The van der Waals surface area contributed by atoms with E-state index in [1.165, 1.54) is 64.9 Å². The van der Waals surface area contributed by atoms with Crippen molar-refractivity contribution in [1.29, 1.82) is 0 Å². The average molecular weight is 514 g/mol. The molecule has 0 unspecified atom stereocenters. The number of halogens is 1. The topological polar surface area (TPSA) is 3.24 Å². The first-order valence-electron chi connectivity index (χ1n) is 14.0. The maximum absolute atomic E-state index is 6.64. The van der Waals surface area contributed by atoms with Gasteiger partial charge in [0.25, 0.3) is 0 Å². The van der Waals surface area contributed by atoms with Crippen LogP contribution >= 0.6 is 11.6 Å². The van der Waals surface area contributed by atoms with Crippen molar-refractivity contribution in [3.63, 3.8) is 0 Å². The Morgan fingerprint density at radius 1 is 0.514 bits per heavy atom. The highest BCUT2D eigenvalue weighted by atomic mass is 35.5. The van der Waals surface area contributed by atoms with Gasteiger partial charge in [-0.15, -0.1) is 0 Å². The van der Waals surface area contributed by atoms with Crippen molar-refractivity contribution < 1.29 is 0 Å². The lowest BCUT2D eigenvalue weighted by Crippen LogP contribution is -2.34. The summed E-state index contributed by atoms with van der Waals surface area (Å²) in [4.78, 5) is 2.43. The van der Waals surface area contributed by atoms with Crippen LogP contribution in [0.1, 0.15) is 109 Å². The minimum atomic E-state index is 0.151. The number of hydrogen-bond donors (Lipinski definition) is 0. The molecule has 0 amide bonds. The van der Waals surface area contributed by atoms with Gasteiger partial charge < -0.3 is 4.90 Å². The molecule has 2 aliphatic carbocycles. The molecule has 0 heterocycles. The summed E-state index contributed by atoms with van der Waals surface area (Å²) in [5, 5.41) is 0.777. The number of hydrogen-bond acceptors (Lipinski definition) is 1. The molecule has 2 aliphatic rings. The molecule has 37 heavy (non-hydrogen) atoms. The molecule has 3 aromatic rings. The number of rotatable bonds is 3. The van der Waals surface area contributed by atoms with Crippen molar-refractivity contribution in [1.82, 2.24) is 0 Å². The van der Waals surface area contributed by atoms with Crippen LogP contribution in [0.5, 0.6) is 0 Å². The molecule has 2 heteroatoms. The molecular formula is C35H44ClN. The van der Waals surface area contributed by atoms with E-state index in [-0.39, 0.29) is 21.7 Å². The highest BCUT2D eigenvalue weighted by Crippen LogP contribution is 2.50. The van der Waals surface area contributed by atoms with Gasteiger partial charge >= 0.3 is 0 Å². The number of fused-ring (bicyclic) bond motifs is 2. The molecule has 1 nitrogen and oxygen atoms in total. The Morgan fingerprint density at radius 2 is 0.919 bits per heavy atom. The Hall–Kier alpha value is -2.25. The van der Waals surface area contributed by atoms with E-state index in [0.29, 0.717) is 0 Å². The molecule has 0 bridgehead atoms. The second-order valence-electron chi connectivity index (χ2n) is 14.3. The second-order valence-corrected chi connectivity index (χ2v) is 14.8. The van der Waals surface area contributed by atoms with E-state index in [2.05, 4.69) is 116 Å². The van der Waals surface area contributed by atoms with Gasteiger partial charge in [-0.3, -0.25) is 0 Å². The van der Waals surface area contributed by atoms with E-state index in [1.807, 2.05) is 6.07 Å². The molecule has 0 radical (unpaired) electrons. The van der Waals surface area contributed by atoms with E-state index in [4.69, 9.17) is 11.6 Å². The molecule has 0 saturated carbocycles. The summed E-state index contributed by atoms with van der Waals surface area (Å²) in [7, 11) is 0. The SMILES string of the molecule is Cc1cc(Cl)cc(N(c2ccc3c(c2)C(C)(C)CCC3(C)C)c2ccc3c(c2)C(C)(C)CCC3(C)C)c1. The van der Waals surface area contributed by atoms with Crippen LogP contribution in [-0.2, 0) is 21.7 Å². The molecule has 3 aromatic carbocycles. The molecule has 0 saturated heterocycles. The first kappa shape index (κ1) is 26.4. The van der Waals surface area contributed by atoms with Gasteiger partial charge in [0.05, 0.1) is 0 Å². The molecule has 0 atom stereocenters. The fourth-order valence-electron chi connectivity index (χ4n) is 6.72. The number of nitrogens with zero attached hydrogens (tertiary/aromatic N) is 1. The summed E-state index contributed by atoms with van der Waals surface area (Å²) in [5.74, 6) is 0. The van der Waals surface area contributed by atoms with Crippen molar-refractivity contribution in [2.24, 2.45) is 0 Å². The lowest BCUT2D eigenvalue weighted by atomic mass is 9.63. The zero-order valence-electron chi connectivity index (χ0n) is 24.3. The third-order valence-corrected chi connectivity index (χ3v) is 9.69. The smallest absolute Gasteiger partial charge is 0.0479 e. The van der Waals surface area contributed by atoms with Crippen LogP contribution in [0.4, 0.5) is 17.1 Å². The van der Waals surface area contributed by atoms with Gasteiger partial charge in [0.15, 0.2) is 0 Å². The quantitative estimate of drug-likeness (QED) is 0.336.